The molecule has 1 fully saturated rings. The SMILES string of the molecule is CCCC1CN(Cc2cc(Br)ccc2OC)CCCN1. The number of halogens is 1. The smallest absolute Gasteiger partial charge is 0.123 e. The maximum atomic E-state index is 5.48. The molecule has 0 saturated carbocycles. The Labute approximate surface area is 130 Å². The Bertz CT molecular complexity index is 425. The molecule has 112 valence electrons. The Balaban J connectivity index is 2.05. The van der Waals surface area contributed by atoms with Crippen molar-refractivity contribution in [3.63, 3.8) is 0 Å². The van der Waals surface area contributed by atoms with Crippen LogP contribution in [-0.2, 0) is 6.54 Å². The van der Waals surface area contributed by atoms with Crippen LogP contribution in [0.25, 0.3) is 0 Å². The standard InChI is InChI=1S/C16H25BrN2O/c1-3-5-15-12-19(9-4-8-18-15)11-13-10-14(17)6-7-16(13)20-2/h6-7,10,15,18H,3-5,8-9,11-12H2,1-2H3. The Kier molecular flexibility index (Phi) is 6.33. The molecule has 0 amide bonds. The molecule has 1 N–H and O–H groups in total. The first-order valence-electron chi connectivity index (χ1n) is 7.51. The average molecular weight is 341 g/mol. The molecule has 20 heavy (non-hydrogen) atoms. The van der Waals surface area contributed by atoms with Gasteiger partial charge in [0.15, 0.2) is 0 Å². The van der Waals surface area contributed by atoms with E-state index >= 15 is 0 Å². The largest absolute Gasteiger partial charge is 0.496 e. The number of nitrogens with one attached hydrogen (secondary N) is 1. The van der Waals surface area contributed by atoms with Crippen molar-refractivity contribution in [3.05, 3.63) is 28.2 Å². The lowest BCUT2D eigenvalue weighted by Crippen LogP contribution is -2.37. The van der Waals surface area contributed by atoms with E-state index in [1.807, 2.05) is 12.1 Å². The minimum absolute atomic E-state index is 0.626. The van der Waals surface area contributed by atoms with Crippen LogP contribution < -0.4 is 10.1 Å². The molecule has 1 aliphatic heterocycles. The number of hydrogen-bond donors (Lipinski definition) is 1. The highest BCUT2D eigenvalue weighted by Gasteiger charge is 2.18. The van der Waals surface area contributed by atoms with Crippen LogP contribution in [0, 0.1) is 0 Å². The minimum atomic E-state index is 0.626. The molecule has 1 saturated heterocycles. The monoisotopic (exact) mass is 340 g/mol. The zero-order valence-electron chi connectivity index (χ0n) is 12.5. The number of hydrogen-bond acceptors (Lipinski definition) is 3. The van der Waals surface area contributed by atoms with Crippen molar-refractivity contribution in [1.82, 2.24) is 10.2 Å². The average Bonchev–Trinajstić information content (AvgIpc) is 2.65. The molecule has 1 aromatic rings. The van der Waals surface area contributed by atoms with Crippen LogP contribution in [0.5, 0.6) is 5.75 Å². The van der Waals surface area contributed by atoms with E-state index in [1.165, 1.54) is 24.8 Å². The molecule has 1 unspecified atom stereocenters. The minimum Gasteiger partial charge on any atom is -0.496 e. The molecule has 0 spiro atoms. The molecule has 1 heterocycles. The van der Waals surface area contributed by atoms with Gasteiger partial charge in [0, 0.05) is 29.2 Å². The van der Waals surface area contributed by atoms with E-state index in [9.17, 15) is 0 Å². The molecule has 4 heteroatoms. The van der Waals surface area contributed by atoms with Gasteiger partial charge in [0.2, 0.25) is 0 Å². The second-order valence-corrected chi connectivity index (χ2v) is 6.40. The molecular formula is C16H25BrN2O. The molecule has 1 aliphatic rings. The summed E-state index contributed by atoms with van der Waals surface area (Å²) in [5.74, 6) is 0.984. The fraction of sp³-hybridized carbons (Fsp3) is 0.625. The van der Waals surface area contributed by atoms with Gasteiger partial charge < -0.3 is 10.1 Å². The lowest BCUT2D eigenvalue weighted by atomic mass is 10.1. The Hall–Kier alpha value is -0.580. The fourth-order valence-electron chi connectivity index (χ4n) is 2.87. The van der Waals surface area contributed by atoms with Crippen LogP contribution in [0.2, 0.25) is 0 Å². The molecule has 0 radical (unpaired) electrons. The summed E-state index contributed by atoms with van der Waals surface area (Å²) in [7, 11) is 1.75. The molecule has 1 aromatic carbocycles. The topological polar surface area (TPSA) is 24.5 Å². The fourth-order valence-corrected chi connectivity index (χ4v) is 3.28. The second kappa shape index (κ2) is 8.01. The summed E-state index contributed by atoms with van der Waals surface area (Å²) in [6.45, 7) is 6.64. The number of ether oxygens (including phenoxy) is 1. The predicted molar refractivity (Wildman–Crippen MR) is 87.3 cm³/mol. The third-order valence-corrected chi connectivity index (χ3v) is 4.33. The summed E-state index contributed by atoms with van der Waals surface area (Å²) < 4.78 is 6.60. The Morgan fingerprint density at radius 1 is 1.45 bits per heavy atom. The van der Waals surface area contributed by atoms with Crippen LogP contribution in [-0.4, -0.2) is 37.7 Å². The van der Waals surface area contributed by atoms with Crippen molar-refractivity contribution in [2.45, 2.75) is 38.8 Å². The summed E-state index contributed by atoms with van der Waals surface area (Å²) in [5.41, 5.74) is 1.26. The first-order valence-corrected chi connectivity index (χ1v) is 8.30. The normalized spacial score (nSPS) is 20.6. The van der Waals surface area contributed by atoms with Crippen LogP contribution in [0.1, 0.15) is 31.7 Å². The van der Waals surface area contributed by atoms with Gasteiger partial charge in [-0.3, -0.25) is 4.90 Å². The van der Waals surface area contributed by atoms with Crippen molar-refractivity contribution in [1.29, 1.82) is 0 Å². The summed E-state index contributed by atoms with van der Waals surface area (Å²) in [5, 5.41) is 3.66. The van der Waals surface area contributed by atoms with E-state index in [-0.39, 0.29) is 0 Å². The molecule has 3 nitrogen and oxygen atoms in total. The number of methoxy groups -OCH3 is 1. The lowest BCUT2D eigenvalue weighted by Gasteiger charge is -2.25. The third kappa shape index (κ3) is 4.47. The van der Waals surface area contributed by atoms with Gasteiger partial charge >= 0.3 is 0 Å². The highest BCUT2D eigenvalue weighted by Crippen LogP contribution is 2.24. The molecule has 0 aliphatic carbocycles. The number of benzene rings is 1. The van der Waals surface area contributed by atoms with Gasteiger partial charge in [0.1, 0.15) is 5.75 Å². The Morgan fingerprint density at radius 2 is 2.30 bits per heavy atom. The van der Waals surface area contributed by atoms with Gasteiger partial charge in [-0.15, -0.1) is 0 Å². The van der Waals surface area contributed by atoms with E-state index in [4.69, 9.17) is 4.74 Å². The first-order chi connectivity index (χ1) is 9.72. The summed E-state index contributed by atoms with van der Waals surface area (Å²) in [6, 6.07) is 6.87. The zero-order chi connectivity index (χ0) is 14.4. The highest BCUT2D eigenvalue weighted by atomic mass is 79.9. The zero-order valence-corrected chi connectivity index (χ0v) is 14.1. The Morgan fingerprint density at radius 3 is 3.05 bits per heavy atom. The molecule has 2 rings (SSSR count). The summed E-state index contributed by atoms with van der Waals surface area (Å²) in [6.07, 6.45) is 3.72. The maximum Gasteiger partial charge on any atom is 0.123 e. The number of rotatable bonds is 5. The van der Waals surface area contributed by atoms with E-state index < -0.39 is 0 Å². The van der Waals surface area contributed by atoms with E-state index in [2.05, 4.69) is 39.1 Å². The van der Waals surface area contributed by atoms with Crippen LogP contribution >= 0.6 is 15.9 Å². The van der Waals surface area contributed by atoms with E-state index in [0.29, 0.717) is 6.04 Å². The van der Waals surface area contributed by atoms with Crippen LogP contribution in [0.15, 0.2) is 22.7 Å². The van der Waals surface area contributed by atoms with Gasteiger partial charge in [0.05, 0.1) is 7.11 Å². The maximum absolute atomic E-state index is 5.48. The van der Waals surface area contributed by atoms with Gasteiger partial charge in [-0.05, 0) is 44.1 Å². The van der Waals surface area contributed by atoms with Gasteiger partial charge in [-0.25, -0.2) is 0 Å². The van der Waals surface area contributed by atoms with E-state index in [1.54, 1.807) is 7.11 Å². The third-order valence-electron chi connectivity index (χ3n) is 3.84. The quantitative estimate of drug-likeness (QED) is 0.888. The van der Waals surface area contributed by atoms with Crippen LogP contribution in [0.3, 0.4) is 0 Å². The van der Waals surface area contributed by atoms with Gasteiger partial charge in [-0.1, -0.05) is 29.3 Å². The van der Waals surface area contributed by atoms with Crippen molar-refractivity contribution in [3.8, 4) is 5.75 Å². The summed E-state index contributed by atoms with van der Waals surface area (Å²) >= 11 is 3.56. The van der Waals surface area contributed by atoms with E-state index in [0.717, 1.165) is 36.4 Å². The lowest BCUT2D eigenvalue weighted by molar-refractivity contribution is 0.251. The van der Waals surface area contributed by atoms with Crippen molar-refractivity contribution in [2.24, 2.45) is 0 Å². The summed E-state index contributed by atoms with van der Waals surface area (Å²) in [4.78, 5) is 2.55. The molecule has 0 bridgehead atoms. The first kappa shape index (κ1) is 15.8. The van der Waals surface area contributed by atoms with Crippen molar-refractivity contribution < 1.29 is 4.74 Å². The molecule has 0 aromatic heterocycles. The number of nitrogens with zero attached hydrogens (tertiary/aromatic N) is 1. The highest BCUT2D eigenvalue weighted by molar-refractivity contribution is 9.10. The van der Waals surface area contributed by atoms with Crippen LogP contribution in [0.4, 0.5) is 0 Å². The van der Waals surface area contributed by atoms with Crippen molar-refractivity contribution >= 4 is 15.9 Å². The van der Waals surface area contributed by atoms with Crippen molar-refractivity contribution in [2.75, 3.05) is 26.7 Å². The predicted octanol–water partition coefficient (Wildman–Crippen LogP) is 3.42. The van der Waals surface area contributed by atoms with Gasteiger partial charge in [-0.2, -0.15) is 0 Å². The molecule has 1 atom stereocenters. The van der Waals surface area contributed by atoms with Gasteiger partial charge in [0.25, 0.3) is 0 Å². The second-order valence-electron chi connectivity index (χ2n) is 5.48. The molecular weight excluding hydrogens is 316 g/mol.